The summed E-state index contributed by atoms with van der Waals surface area (Å²) in [5.74, 6) is 0.643. The van der Waals surface area contributed by atoms with Gasteiger partial charge in [0.05, 0.1) is 11.6 Å². The molecule has 1 saturated heterocycles. The molecule has 106 valence electrons. The Balaban J connectivity index is 2.00. The van der Waals surface area contributed by atoms with Crippen LogP contribution < -0.4 is 10.6 Å². The molecule has 1 fully saturated rings. The van der Waals surface area contributed by atoms with Crippen molar-refractivity contribution in [1.82, 2.24) is 5.32 Å². The van der Waals surface area contributed by atoms with E-state index in [-0.39, 0.29) is 17.7 Å². The minimum Gasteiger partial charge on any atom is -0.355 e. The fourth-order valence-corrected chi connectivity index (χ4v) is 2.78. The highest BCUT2D eigenvalue weighted by Gasteiger charge is 2.24. The van der Waals surface area contributed by atoms with Crippen molar-refractivity contribution in [2.24, 2.45) is 5.92 Å². The normalized spacial score (nSPS) is 18.2. The Bertz CT molecular complexity index is 506. The molecular weight excluding hydrogens is 272 g/mol. The number of rotatable bonds is 5. The van der Waals surface area contributed by atoms with E-state index < -0.39 is 0 Å². The van der Waals surface area contributed by atoms with Gasteiger partial charge in [-0.2, -0.15) is 0 Å². The highest BCUT2D eigenvalue weighted by atomic mass is 32.2. The van der Waals surface area contributed by atoms with Crippen molar-refractivity contribution in [3.05, 3.63) is 36.9 Å². The largest absolute Gasteiger partial charge is 0.355 e. The SMILES string of the molecule is C=CCSc1ccccc1NC(=O)C1CCC(=O)NC1. The van der Waals surface area contributed by atoms with Crippen LogP contribution in [0.2, 0.25) is 0 Å². The van der Waals surface area contributed by atoms with Crippen LogP contribution in [0.15, 0.2) is 41.8 Å². The second-order valence-corrected chi connectivity index (χ2v) is 5.69. The molecule has 0 radical (unpaired) electrons. The van der Waals surface area contributed by atoms with Gasteiger partial charge in [-0.1, -0.05) is 18.2 Å². The zero-order valence-electron chi connectivity index (χ0n) is 11.2. The first-order valence-corrected chi connectivity index (χ1v) is 7.59. The Labute approximate surface area is 123 Å². The summed E-state index contributed by atoms with van der Waals surface area (Å²) in [5.41, 5.74) is 0.821. The molecule has 1 aliphatic rings. The average molecular weight is 290 g/mol. The number of piperidine rings is 1. The molecule has 1 aliphatic heterocycles. The molecule has 0 spiro atoms. The van der Waals surface area contributed by atoms with Crippen LogP contribution in [0.3, 0.4) is 0 Å². The molecule has 0 aliphatic carbocycles. The molecule has 1 unspecified atom stereocenters. The number of para-hydroxylation sites is 1. The molecule has 5 heteroatoms. The third-order valence-corrected chi connectivity index (χ3v) is 4.21. The van der Waals surface area contributed by atoms with Crippen LogP contribution in [0, 0.1) is 5.92 Å². The van der Waals surface area contributed by atoms with Gasteiger partial charge in [0.25, 0.3) is 0 Å². The lowest BCUT2D eigenvalue weighted by atomic mass is 9.98. The minimum atomic E-state index is -0.148. The summed E-state index contributed by atoms with van der Waals surface area (Å²) < 4.78 is 0. The fourth-order valence-electron chi connectivity index (χ4n) is 2.04. The molecule has 1 heterocycles. The van der Waals surface area contributed by atoms with Crippen molar-refractivity contribution in [3.8, 4) is 0 Å². The van der Waals surface area contributed by atoms with E-state index in [0.29, 0.717) is 19.4 Å². The van der Waals surface area contributed by atoms with Gasteiger partial charge in [-0.25, -0.2) is 0 Å². The first kappa shape index (κ1) is 14.7. The number of nitrogens with one attached hydrogen (secondary N) is 2. The maximum atomic E-state index is 12.2. The van der Waals surface area contributed by atoms with E-state index in [0.717, 1.165) is 16.3 Å². The van der Waals surface area contributed by atoms with Crippen LogP contribution in [-0.2, 0) is 9.59 Å². The first-order chi connectivity index (χ1) is 9.70. The summed E-state index contributed by atoms with van der Waals surface area (Å²) in [4.78, 5) is 24.3. The van der Waals surface area contributed by atoms with E-state index in [2.05, 4.69) is 17.2 Å². The van der Waals surface area contributed by atoms with E-state index in [1.807, 2.05) is 30.3 Å². The van der Waals surface area contributed by atoms with E-state index in [1.54, 1.807) is 11.8 Å². The maximum absolute atomic E-state index is 12.2. The lowest BCUT2D eigenvalue weighted by molar-refractivity contribution is -0.126. The molecule has 1 aromatic carbocycles. The zero-order chi connectivity index (χ0) is 14.4. The lowest BCUT2D eigenvalue weighted by Crippen LogP contribution is -2.40. The van der Waals surface area contributed by atoms with Gasteiger partial charge in [0.1, 0.15) is 0 Å². The van der Waals surface area contributed by atoms with Crippen molar-refractivity contribution in [2.45, 2.75) is 17.7 Å². The molecule has 4 nitrogen and oxygen atoms in total. The number of benzene rings is 1. The number of anilines is 1. The number of hydrogen-bond acceptors (Lipinski definition) is 3. The summed E-state index contributed by atoms with van der Waals surface area (Å²) >= 11 is 1.63. The Morgan fingerprint density at radius 2 is 2.30 bits per heavy atom. The summed E-state index contributed by atoms with van der Waals surface area (Å²) in [6.45, 7) is 4.12. The Morgan fingerprint density at radius 1 is 1.50 bits per heavy atom. The number of hydrogen-bond donors (Lipinski definition) is 2. The first-order valence-electron chi connectivity index (χ1n) is 6.61. The van der Waals surface area contributed by atoms with E-state index in [4.69, 9.17) is 0 Å². The summed E-state index contributed by atoms with van der Waals surface area (Å²) in [7, 11) is 0. The maximum Gasteiger partial charge on any atom is 0.229 e. The molecule has 2 rings (SSSR count). The lowest BCUT2D eigenvalue weighted by Gasteiger charge is -2.22. The zero-order valence-corrected chi connectivity index (χ0v) is 12.0. The molecule has 1 atom stereocenters. The Kier molecular flexibility index (Phi) is 5.24. The molecule has 2 N–H and O–H groups in total. The van der Waals surface area contributed by atoms with Crippen molar-refractivity contribution in [3.63, 3.8) is 0 Å². The van der Waals surface area contributed by atoms with E-state index >= 15 is 0 Å². The molecule has 0 saturated carbocycles. The van der Waals surface area contributed by atoms with Crippen LogP contribution in [0.4, 0.5) is 5.69 Å². The third kappa shape index (κ3) is 3.87. The van der Waals surface area contributed by atoms with Gasteiger partial charge in [-0.05, 0) is 18.6 Å². The molecule has 2 amide bonds. The van der Waals surface area contributed by atoms with Crippen molar-refractivity contribution in [2.75, 3.05) is 17.6 Å². The second-order valence-electron chi connectivity index (χ2n) is 4.62. The second kappa shape index (κ2) is 7.14. The predicted octanol–water partition coefficient (Wildman–Crippen LogP) is 2.43. The topological polar surface area (TPSA) is 58.2 Å². The van der Waals surface area contributed by atoms with Gasteiger partial charge >= 0.3 is 0 Å². The van der Waals surface area contributed by atoms with Crippen molar-refractivity contribution in [1.29, 1.82) is 0 Å². The van der Waals surface area contributed by atoms with E-state index in [9.17, 15) is 9.59 Å². The Hall–Kier alpha value is -1.75. The van der Waals surface area contributed by atoms with Crippen molar-refractivity contribution < 1.29 is 9.59 Å². The molecule has 1 aromatic rings. The summed E-state index contributed by atoms with van der Waals surface area (Å²) in [6.07, 6.45) is 2.87. The monoisotopic (exact) mass is 290 g/mol. The summed E-state index contributed by atoms with van der Waals surface area (Å²) in [5, 5.41) is 5.69. The van der Waals surface area contributed by atoms with Gasteiger partial charge in [0.2, 0.25) is 11.8 Å². The number of carbonyl (C=O) groups is 2. The van der Waals surface area contributed by atoms with Gasteiger partial charge in [0.15, 0.2) is 0 Å². The highest BCUT2D eigenvalue weighted by molar-refractivity contribution is 7.99. The van der Waals surface area contributed by atoms with Crippen LogP contribution in [0.5, 0.6) is 0 Å². The minimum absolute atomic E-state index is 0.0241. The van der Waals surface area contributed by atoms with Crippen LogP contribution in [0.1, 0.15) is 12.8 Å². The number of carbonyl (C=O) groups excluding carboxylic acids is 2. The van der Waals surface area contributed by atoms with Gasteiger partial charge in [0, 0.05) is 23.6 Å². The van der Waals surface area contributed by atoms with Crippen LogP contribution in [0.25, 0.3) is 0 Å². The van der Waals surface area contributed by atoms with Crippen molar-refractivity contribution >= 4 is 29.3 Å². The smallest absolute Gasteiger partial charge is 0.229 e. The van der Waals surface area contributed by atoms with Gasteiger partial charge in [-0.3, -0.25) is 9.59 Å². The molecule has 0 aromatic heterocycles. The molecule has 20 heavy (non-hydrogen) atoms. The highest BCUT2D eigenvalue weighted by Crippen LogP contribution is 2.27. The predicted molar refractivity (Wildman–Crippen MR) is 81.7 cm³/mol. The fraction of sp³-hybridized carbons (Fsp3) is 0.333. The van der Waals surface area contributed by atoms with Gasteiger partial charge in [-0.15, -0.1) is 18.3 Å². The quantitative estimate of drug-likeness (QED) is 0.647. The Morgan fingerprint density at radius 3 is 3.00 bits per heavy atom. The summed E-state index contributed by atoms with van der Waals surface area (Å²) in [6, 6.07) is 7.72. The molecule has 0 bridgehead atoms. The third-order valence-electron chi connectivity index (χ3n) is 3.14. The number of amides is 2. The van der Waals surface area contributed by atoms with Gasteiger partial charge < -0.3 is 10.6 Å². The van der Waals surface area contributed by atoms with Crippen LogP contribution in [-0.4, -0.2) is 24.1 Å². The van der Waals surface area contributed by atoms with E-state index in [1.165, 1.54) is 0 Å². The molecular formula is C15H18N2O2S. The average Bonchev–Trinajstić information content (AvgIpc) is 2.47. The number of thioether (sulfide) groups is 1. The van der Waals surface area contributed by atoms with Crippen LogP contribution >= 0.6 is 11.8 Å². The standard InChI is InChI=1S/C15H18N2O2S/c1-2-9-20-13-6-4-3-5-12(13)17-15(19)11-7-8-14(18)16-10-11/h2-6,11H,1,7-10H2,(H,16,18)(H,17,19).